The van der Waals surface area contributed by atoms with E-state index in [9.17, 15) is 9.59 Å². The largest absolute Gasteiger partial charge is 0.480 e. The first kappa shape index (κ1) is 10.4. The Bertz CT molecular complexity index is 357. The molecule has 1 aromatic rings. The number of rotatable bonds is 3. The number of carboxylic acids is 1. The Kier molecular flexibility index (Phi) is 2.67. The molecule has 0 saturated carbocycles. The van der Waals surface area contributed by atoms with Gasteiger partial charge in [-0.1, -0.05) is 30.3 Å². The average molecular weight is 193 g/mol. The van der Waals surface area contributed by atoms with Crippen molar-refractivity contribution < 1.29 is 14.7 Å². The van der Waals surface area contributed by atoms with E-state index in [2.05, 4.69) is 0 Å². The van der Waals surface area contributed by atoms with Gasteiger partial charge >= 0.3 is 5.97 Å². The fraction of sp³-hybridized carbons (Fsp3) is 0.200. The Morgan fingerprint density at radius 1 is 1.29 bits per heavy atom. The average Bonchev–Trinajstić information content (AvgIpc) is 2.17. The van der Waals surface area contributed by atoms with Crippen LogP contribution in [0.3, 0.4) is 0 Å². The number of aliphatic carboxylic acids is 1. The van der Waals surface area contributed by atoms with Crippen LogP contribution in [0.15, 0.2) is 30.3 Å². The van der Waals surface area contributed by atoms with Crippen molar-refractivity contribution >= 4 is 11.8 Å². The van der Waals surface area contributed by atoms with Crippen molar-refractivity contribution in [2.24, 2.45) is 5.73 Å². The molecule has 0 fully saturated rings. The molecule has 0 radical (unpaired) electrons. The van der Waals surface area contributed by atoms with Gasteiger partial charge in [0.25, 0.3) is 0 Å². The van der Waals surface area contributed by atoms with Crippen molar-refractivity contribution in [1.29, 1.82) is 0 Å². The predicted molar refractivity (Wildman–Crippen MR) is 51.0 cm³/mol. The van der Waals surface area contributed by atoms with E-state index in [0.29, 0.717) is 5.56 Å². The third-order valence-electron chi connectivity index (χ3n) is 1.95. The van der Waals surface area contributed by atoms with Crippen molar-refractivity contribution in [1.82, 2.24) is 0 Å². The summed E-state index contributed by atoms with van der Waals surface area (Å²) in [7, 11) is 0. The van der Waals surface area contributed by atoms with E-state index in [1.54, 1.807) is 18.2 Å². The van der Waals surface area contributed by atoms with Crippen LogP contribution in [0.2, 0.25) is 0 Å². The zero-order valence-electron chi connectivity index (χ0n) is 7.73. The third kappa shape index (κ3) is 1.80. The second kappa shape index (κ2) is 3.59. The quantitative estimate of drug-likeness (QED) is 0.546. The molecule has 0 heterocycles. The van der Waals surface area contributed by atoms with Crippen LogP contribution < -0.4 is 5.73 Å². The van der Waals surface area contributed by atoms with Crippen molar-refractivity contribution in [2.75, 3.05) is 0 Å². The standard InChI is InChI=1S/C10H11NO3/c1-10(11,9(13)14)8(12)7-5-3-2-4-6-7/h2-6H,11H2,1H3,(H,13,14). The molecular formula is C10H11NO3. The second-order valence-corrected chi connectivity index (χ2v) is 3.20. The molecule has 1 unspecified atom stereocenters. The molecule has 0 aliphatic heterocycles. The molecule has 0 aliphatic rings. The zero-order chi connectivity index (χ0) is 10.8. The monoisotopic (exact) mass is 193 g/mol. The molecule has 0 saturated heterocycles. The van der Waals surface area contributed by atoms with Gasteiger partial charge in [-0.25, -0.2) is 4.79 Å². The molecule has 0 amide bonds. The highest BCUT2D eigenvalue weighted by atomic mass is 16.4. The molecule has 1 rings (SSSR count). The van der Waals surface area contributed by atoms with E-state index >= 15 is 0 Å². The van der Waals surface area contributed by atoms with E-state index in [1.165, 1.54) is 19.1 Å². The Balaban J connectivity index is 3.03. The molecule has 1 atom stereocenters. The topological polar surface area (TPSA) is 80.4 Å². The van der Waals surface area contributed by atoms with E-state index < -0.39 is 17.3 Å². The molecular weight excluding hydrogens is 182 g/mol. The molecule has 0 bridgehead atoms. The molecule has 4 heteroatoms. The lowest BCUT2D eigenvalue weighted by atomic mass is 9.92. The van der Waals surface area contributed by atoms with Crippen LogP contribution in [0.1, 0.15) is 17.3 Å². The van der Waals surface area contributed by atoms with Crippen LogP contribution in [-0.4, -0.2) is 22.4 Å². The number of benzene rings is 1. The highest BCUT2D eigenvalue weighted by Gasteiger charge is 2.37. The maximum Gasteiger partial charge on any atom is 0.331 e. The molecule has 74 valence electrons. The van der Waals surface area contributed by atoms with Crippen molar-refractivity contribution in [2.45, 2.75) is 12.5 Å². The number of carbonyl (C=O) groups excluding carboxylic acids is 1. The Morgan fingerprint density at radius 3 is 2.21 bits per heavy atom. The summed E-state index contributed by atoms with van der Waals surface area (Å²) >= 11 is 0. The predicted octanol–water partition coefficient (Wildman–Crippen LogP) is 0.671. The van der Waals surface area contributed by atoms with Gasteiger partial charge in [0.15, 0.2) is 11.3 Å². The van der Waals surface area contributed by atoms with Gasteiger partial charge in [-0.3, -0.25) is 4.79 Å². The summed E-state index contributed by atoms with van der Waals surface area (Å²) in [5.74, 6) is -1.92. The van der Waals surface area contributed by atoms with Gasteiger partial charge in [-0.05, 0) is 6.92 Å². The zero-order valence-corrected chi connectivity index (χ0v) is 7.73. The van der Waals surface area contributed by atoms with Gasteiger partial charge in [0.05, 0.1) is 0 Å². The number of carboxylic acid groups (broad SMARTS) is 1. The van der Waals surface area contributed by atoms with Gasteiger partial charge in [0.2, 0.25) is 0 Å². The first-order valence-electron chi connectivity index (χ1n) is 4.08. The Labute approximate surface area is 81.3 Å². The third-order valence-corrected chi connectivity index (χ3v) is 1.95. The van der Waals surface area contributed by atoms with Crippen LogP contribution in [0.4, 0.5) is 0 Å². The van der Waals surface area contributed by atoms with Crippen molar-refractivity contribution in [3.05, 3.63) is 35.9 Å². The lowest BCUT2D eigenvalue weighted by Gasteiger charge is -2.17. The summed E-state index contributed by atoms with van der Waals surface area (Å²) in [6, 6.07) is 8.13. The number of carbonyl (C=O) groups is 2. The van der Waals surface area contributed by atoms with Gasteiger partial charge in [0, 0.05) is 5.56 Å². The number of ketones is 1. The maximum absolute atomic E-state index is 11.6. The fourth-order valence-electron chi connectivity index (χ4n) is 0.986. The van der Waals surface area contributed by atoms with Crippen molar-refractivity contribution in [3.63, 3.8) is 0 Å². The summed E-state index contributed by atoms with van der Waals surface area (Å²) in [5.41, 5.74) is 3.83. The minimum absolute atomic E-state index is 0.305. The highest BCUT2D eigenvalue weighted by molar-refractivity contribution is 6.15. The highest BCUT2D eigenvalue weighted by Crippen LogP contribution is 2.10. The lowest BCUT2D eigenvalue weighted by Crippen LogP contribution is -2.52. The Morgan fingerprint density at radius 2 is 1.79 bits per heavy atom. The first-order valence-corrected chi connectivity index (χ1v) is 4.08. The van der Waals surface area contributed by atoms with E-state index in [4.69, 9.17) is 10.8 Å². The first-order chi connectivity index (χ1) is 6.46. The van der Waals surface area contributed by atoms with Crippen LogP contribution in [-0.2, 0) is 4.79 Å². The lowest BCUT2D eigenvalue weighted by molar-refractivity contribution is -0.140. The van der Waals surface area contributed by atoms with Gasteiger partial charge in [-0.2, -0.15) is 0 Å². The molecule has 14 heavy (non-hydrogen) atoms. The van der Waals surface area contributed by atoms with Gasteiger partial charge < -0.3 is 10.8 Å². The smallest absolute Gasteiger partial charge is 0.331 e. The number of Topliss-reactive ketones (excluding diaryl/α,β-unsaturated/α-hetero) is 1. The summed E-state index contributed by atoms with van der Waals surface area (Å²) in [5, 5.41) is 8.73. The minimum atomic E-state index is -1.86. The summed E-state index contributed by atoms with van der Waals surface area (Å²) in [6.07, 6.45) is 0. The normalized spacial score (nSPS) is 14.4. The molecule has 0 aromatic heterocycles. The Hall–Kier alpha value is -1.68. The summed E-state index contributed by atoms with van der Waals surface area (Å²) in [4.78, 5) is 22.3. The van der Waals surface area contributed by atoms with Gasteiger partial charge in [0.1, 0.15) is 0 Å². The van der Waals surface area contributed by atoms with E-state index in [-0.39, 0.29) is 0 Å². The number of nitrogens with two attached hydrogens (primary N) is 1. The van der Waals surface area contributed by atoms with E-state index in [0.717, 1.165) is 0 Å². The summed E-state index contributed by atoms with van der Waals surface area (Å²) < 4.78 is 0. The fourth-order valence-corrected chi connectivity index (χ4v) is 0.986. The molecule has 0 spiro atoms. The summed E-state index contributed by atoms with van der Waals surface area (Å²) in [6.45, 7) is 1.19. The second-order valence-electron chi connectivity index (χ2n) is 3.20. The molecule has 4 nitrogen and oxygen atoms in total. The SMILES string of the molecule is CC(N)(C(=O)O)C(=O)c1ccccc1. The molecule has 3 N–H and O–H groups in total. The molecule has 1 aromatic carbocycles. The minimum Gasteiger partial charge on any atom is -0.480 e. The maximum atomic E-state index is 11.6. The van der Waals surface area contributed by atoms with Crippen LogP contribution in [0, 0.1) is 0 Å². The number of hydrogen-bond donors (Lipinski definition) is 2. The molecule has 0 aliphatic carbocycles. The van der Waals surface area contributed by atoms with E-state index in [1.807, 2.05) is 0 Å². The van der Waals surface area contributed by atoms with Crippen LogP contribution in [0.25, 0.3) is 0 Å². The van der Waals surface area contributed by atoms with Gasteiger partial charge in [-0.15, -0.1) is 0 Å². The van der Waals surface area contributed by atoms with Crippen LogP contribution >= 0.6 is 0 Å². The van der Waals surface area contributed by atoms with Crippen molar-refractivity contribution in [3.8, 4) is 0 Å². The van der Waals surface area contributed by atoms with Crippen LogP contribution in [0.5, 0.6) is 0 Å². The number of hydrogen-bond acceptors (Lipinski definition) is 3.